The predicted octanol–water partition coefficient (Wildman–Crippen LogP) is 2.78. The fourth-order valence-corrected chi connectivity index (χ4v) is 3.03. The molecule has 1 aromatic carbocycles. The van der Waals surface area contributed by atoms with Gasteiger partial charge in [0, 0.05) is 38.3 Å². The Morgan fingerprint density at radius 3 is 2.59 bits per heavy atom. The second kappa shape index (κ2) is 8.30. The molecule has 0 radical (unpaired) electrons. The van der Waals surface area contributed by atoms with E-state index in [1.54, 1.807) is 0 Å². The van der Waals surface area contributed by atoms with E-state index in [1.165, 1.54) is 5.56 Å². The van der Waals surface area contributed by atoms with Gasteiger partial charge in [-0.2, -0.15) is 0 Å². The van der Waals surface area contributed by atoms with Crippen LogP contribution in [0.15, 0.2) is 24.3 Å². The van der Waals surface area contributed by atoms with Crippen LogP contribution in [0.2, 0.25) is 0 Å². The maximum atomic E-state index is 12.6. The summed E-state index contributed by atoms with van der Waals surface area (Å²) >= 11 is 0. The van der Waals surface area contributed by atoms with Crippen LogP contribution >= 0.6 is 0 Å². The first-order valence-corrected chi connectivity index (χ1v) is 8.31. The van der Waals surface area contributed by atoms with Crippen molar-refractivity contribution in [1.29, 1.82) is 0 Å². The van der Waals surface area contributed by atoms with E-state index in [0.717, 1.165) is 51.3 Å². The first-order chi connectivity index (χ1) is 10.7. The van der Waals surface area contributed by atoms with Gasteiger partial charge < -0.3 is 9.64 Å². The first kappa shape index (κ1) is 17.0. The van der Waals surface area contributed by atoms with Crippen LogP contribution in [0.25, 0.3) is 0 Å². The van der Waals surface area contributed by atoms with Crippen LogP contribution in [0.5, 0.6) is 0 Å². The van der Waals surface area contributed by atoms with Gasteiger partial charge in [-0.15, -0.1) is 0 Å². The zero-order valence-electron chi connectivity index (χ0n) is 14.0. The Morgan fingerprint density at radius 2 is 1.95 bits per heavy atom. The highest BCUT2D eigenvalue weighted by atomic mass is 16.5. The molecule has 0 atom stereocenters. The fourth-order valence-electron chi connectivity index (χ4n) is 3.03. The average molecular weight is 304 g/mol. The highest BCUT2D eigenvalue weighted by molar-refractivity contribution is 5.94. The van der Waals surface area contributed by atoms with E-state index >= 15 is 0 Å². The van der Waals surface area contributed by atoms with E-state index < -0.39 is 0 Å². The maximum Gasteiger partial charge on any atom is 0.253 e. The molecule has 22 heavy (non-hydrogen) atoms. The summed E-state index contributed by atoms with van der Waals surface area (Å²) in [6, 6.07) is 8.36. The van der Waals surface area contributed by atoms with Crippen LogP contribution in [0.3, 0.4) is 0 Å². The minimum atomic E-state index is 0.123. The molecule has 1 aliphatic rings. The van der Waals surface area contributed by atoms with Gasteiger partial charge in [0.2, 0.25) is 0 Å². The number of hydrogen-bond donors (Lipinski definition) is 0. The number of morpholine rings is 1. The van der Waals surface area contributed by atoms with Crippen molar-refractivity contribution in [2.24, 2.45) is 0 Å². The maximum absolute atomic E-state index is 12.6. The van der Waals surface area contributed by atoms with Gasteiger partial charge in [-0.25, -0.2) is 0 Å². The lowest BCUT2D eigenvalue weighted by Gasteiger charge is -2.28. The standard InChI is InChI=1S/C18H28N2O2/c1-4-17(5-2)19(3)18(21)16-8-6-7-15(13-16)14-20-9-11-22-12-10-20/h6-8,13,17H,4-5,9-12,14H2,1-3H3. The van der Waals surface area contributed by atoms with Crippen LogP contribution in [0, 0.1) is 0 Å². The highest BCUT2D eigenvalue weighted by Crippen LogP contribution is 2.14. The highest BCUT2D eigenvalue weighted by Gasteiger charge is 2.19. The van der Waals surface area contributed by atoms with Gasteiger partial charge in [-0.05, 0) is 30.5 Å². The molecule has 0 spiro atoms. The van der Waals surface area contributed by atoms with Crippen LogP contribution in [0.1, 0.15) is 42.6 Å². The number of ether oxygens (including phenoxy) is 1. The van der Waals surface area contributed by atoms with Crippen molar-refractivity contribution in [1.82, 2.24) is 9.80 Å². The lowest BCUT2D eigenvalue weighted by Crippen LogP contribution is -2.37. The first-order valence-electron chi connectivity index (χ1n) is 8.31. The molecular weight excluding hydrogens is 276 g/mol. The molecule has 0 aliphatic carbocycles. The van der Waals surface area contributed by atoms with Crippen molar-refractivity contribution in [3.05, 3.63) is 35.4 Å². The largest absolute Gasteiger partial charge is 0.379 e. The second-order valence-electron chi connectivity index (χ2n) is 5.98. The number of carbonyl (C=O) groups excluding carboxylic acids is 1. The molecule has 0 aromatic heterocycles. The number of amides is 1. The minimum absolute atomic E-state index is 0.123. The molecule has 1 aliphatic heterocycles. The summed E-state index contributed by atoms with van der Waals surface area (Å²) < 4.78 is 5.38. The van der Waals surface area contributed by atoms with Gasteiger partial charge in [0.1, 0.15) is 0 Å². The number of hydrogen-bond acceptors (Lipinski definition) is 3. The van der Waals surface area contributed by atoms with Gasteiger partial charge in [0.05, 0.1) is 13.2 Å². The molecule has 122 valence electrons. The Balaban J connectivity index is 2.05. The zero-order chi connectivity index (χ0) is 15.9. The Bertz CT molecular complexity index is 480. The molecule has 0 saturated carbocycles. The molecule has 4 heteroatoms. The van der Waals surface area contributed by atoms with Crippen LogP contribution in [0.4, 0.5) is 0 Å². The second-order valence-corrected chi connectivity index (χ2v) is 5.98. The quantitative estimate of drug-likeness (QED) is 0.810. The van der Waals surface area contributed by atoms with Crippen molar-refractivity contribution in [2.45, 2.75) is 39.3 Å². The lowest BCUT2D eigenvalue weighted by molar-refractivity contribution is 0.0341. The van der Waals surface area contributed by atoms with Crippen LogP contribution < -0.4 is 0 Å². The molecular formula is C18H28N2O2. The number of carbonyl (C=O) groups is 1. The molecule has 2 rings (SSSR count). The normalized spacial score (nSPS) is 16.0. The summed E-state index contributed by atoms with van der Waals surface area (Å²) in [7, 11) is 1.91. The van der Waals surface area contributed by atoms with E-state index in [4.69, 9.17) is 4.74 Å². The Hall–Kier alpha value is -1.39. The third-order valence-corrected chi connectivity index (χ3v) is 4.49. The molecule has 0 N–H and O–H groups in total. The van der Waals surface area contributed by atoms with Crippen molar-refractivity contribution in [3.8, 4) is 0 Å². The number of benzene rings is 1. The lowest BCUT2D eigenvalue weighted by atomic mass is 10.1. The van der Waals surface area contributed by atoms with E-state index in [9.17, 15) is 4.79 Å². The van der Waals surface area contributed by atoms with Gasteiger partial charge in [-0.1, -0.05) is 26.0 Å². The zero-order valence-corrected chi connectivity index (χ0v) is 14.0. The SMILES string of the molecule is CCC(CC)N(C)C(=O)c1cccc(CN2CCOCC2)c1. The third-order valence-electron chi connectivity index (χ3n) is 4.49. The van der Waals surface area contributed by atoms with Gasteiger partial charge in [0.25, 0.3) is 5.91 Å². The summed E-state index contributed by atoms with van der Waals surface area (Å²) in [5.74, 6) is 0.123. The van der Waals surface area contributed by atoms with Crippen molar-refractivity contribution >= 4 is 5.91 Å². The van der Waals surface area contributed by atoms with Gasteiger partial charge in [0.15, 0.2) is 0 Å². The Kier molecular flexibility index (Phi) is 6.40. The van der Waals surface area contributed by atoms with Crippen molar-refractivity contribution < 1.29 is 9.53 Å². The summed E-state index contributed by atoms with van der Waals surface area (Å²) in [4.78, 5) is 16.9. The molecule has 1 heterocycles. The van der Waals surface area contributed by atoms with Crippen molar-refractivity contribution in [3.63, 3.8) is 0 Å². The smallest absolute Gasteiger partial charge is 0.253 e. The summed E-state index contributed by atoms with van der Waals surface area (Å²) in [5, 5.41) is 0. The molecule has 1 saturated heterocycles. The van der Waals surface area contributed by atoms with E-state index in [-0.39, 0.29) is 5.91 Å². The topological polar surface area (TPSA) is 32.8 Å². The third kappa shape index (κ3) is 4.31. The van der Waals surface area contributed by atoms with Gasteiger partial charge in [-0.3, -0.25) is 9.69 Å². The Labute approximate surface area is 134 Å². The van der Waals surface area contributed by atoms with E-state index in [1.807, 2.05) is 30.1 Å². The molecule has 1 amide bonds. The van der Waals surface area contributed by atoms with Crippen LogP contribution in [-0.2, 0) is 11.3 Å². The number of rotatable bonds is 6. The summed E-state index contributed by atoms with van der Waals surface area (Å²) in [6.45, 7) is 8.68. The average Bonchev–Trinajstić information content (AvgIpc) is 2.56. The Morgan fingerprint density at radius 1 is 1.27 bits per heavy atom. The van der Waals surface area contributed by atoms with E-state index in [2.05, 4.69) is 24.8 Å². The van der Waals surface area contributed by atoms with Crippen molar-refractivity contribution in [2.75, 3.05) is 33.4 Å². The van der Waals surface area contributed by atoms with E-state index in [0.29, 0.717) is 6.04 Å². The summed E-state index contributed by atoms with van der Waals surface area (Å²) in [5.41, 5.74) is 1.99. The molecule has 0 bridgehead atoms. The molecule has 1 aromatic rings. The predicted molar refractivity (Wildman–Crippen MR) is 89.0 cm³/mol. The minimum Gasteiger partial charge on any atom is -0.379 e. The summed E-state index contributed by atoms with van der Waals surface area (Å²) in [6.07, 6.45) is 1.98. The molecule has 1 fully saturated rings. The monoisotopic (exact) mass is 304 g/mol. The number of nitrogens with zero attached hydrogens (tertiary/aromatic N) is 2. The molecule has 0 unspecified atom stereocenters. The van der Waals surface area contributed by atoms with Gasteiger partial charge >= 0.3 is 0 Å². The van der Waals surface area contributed by atoms with Crippen LogP contribution in [-0.4, -0.2) is 55.1 Å². The molecule has 4 nitrogen and oxygen atoms in total. The fraction of sp³-hybridized carbons (Fsp3) is 0.611.